The van der Waals surface area contributed by atoms with Crippen molar-refractivity contribution < 1.29 is 24.2 Å². The van der Waals surface area contributed by atoms with Crippen LogP contribution in [0, 0.1) is 0 Å². The minimum Gasteiger partial charge on any atom is -0.491 e. The highest BCUT2D eigenvalue weighted by Crippen LogP contribution is 2.22. The van der Waals surface area contributed by atoms with Crippen molar-refractivity contribution in [2.24, 2.45) is 0 Å². The van der Waals surface area contributed by atoms with Gasteiger partial charge in [-0.3, -0.25) is 4.79 Å². The lowest BCUT2D eigenvalue weighted by atomic mass is 10.3. The van der Waals surface area contributed by atoms with Gasteiger partial charge in [-0.25, -0.2) is 4.79 Å². The van der Waals surface area contributed by atoms with Crippen LogP contribution in [-0.2, 0) is 14.3 Å². The Balaban J connectivity index is 2.09. The van der Waals surface area contributed by atoms with E-state index in [0.717, 1.165) is 0 Å². The van der Waals surface area contributed by atoms with Gasteiger partial charge in [0.05, 0.1) is 24.7 Å². The van der Waals surface area contributed by atoms with Crippen molar-refractivity contribution >= 4 is 23.5 Å². The van der Waals surface area contributed by atoms with Gasteiger partial charge < -0.3 is 19.9 Å². The topological polar surface area (TPSA) is 84.9 Å². The van der Waals surface area contributed by atoms with Crippen LogP contribution in [0.15, 0.2) is 24.3 Å². The van der Waals surface area contributed by atoms with E-state index in [1.165, 1.54) is 0 Å². The lowest BCUT2D eigenvalue weighted by molar-refractivity contribution is -0.142. The van der Waals surface area contributed by atoms with Crippen LogP contribution in [-0.4, -0.2) is 43.3 Å². The van der Waals surface area contributed by atoms with E-state index in [4.69, 9.17) is 26.2 Å². The molecule has 0 aliphatic rings. The summed E-state index contributed by atoms with van der Waals surface area (Å²) in [6, 6.07) is 7.01. The Bertz CT molecular complexity index is 452. The second-order valence-corrected chi connectivity index (χ2v) is 4.23. The minimum absolute atomic E-state index is 0.156. The first-order chi connectivity index (χ1) is 9.59. The van der Waals surface area contributed by atoms with E-state index in [2.05, 4.69) is 5.32 Å². The molecule has 0 bridgehead atoms. The van der Waals surface area contributed by atoms with Gasteiger partial charge in [-0.05, 0) is 12.1 Å². The molecule has 0 saturated carbocycles. The maximum absolute atomic E-state index is 11.4. The first-order valence-electron chi connectivity index (χ1n) is 6.03. The number of para-hydroxylation sites is 1. The molecule has 0 unspecified atom stereocenters. The van der Waals surface area contributed by atoms with Crippen molar-refractivity contribution in [2.75, 3.05) is 26.4 Å². The summed E-state index contributed by atoms with van der Waals surface area (Å²) < 4.78 is 10.1. The minimum atomic E-state index is -1.04. The first kappa shape index (κ1) is 16.3. The number of benzene rings is 1. The quantitative estimate of drug-likeness (QED) is 0.672. The normalized spacial score (nSPS) is 10.1. The van der Waals surface area contributed by atoms with Crippen LogP contribution in [0.25, 0.3) is 0 Å². The average Bonchev–Trinajstić information content (AvgIpc) is 2.40. The first-order valence-corrected chi connectivity index (χ1v) is 6.41. The van der Waals surface area contributed by atoms with Crippen LogP contribution in [0.1, 0.15) is 6.42 Å². The number of rotatable bonds is 9. The van der Waals surface area contributed by atoms with Gasteiger partial charge in [-0.1, -0.05) is 23.7 Å². The summed E-state index contributed by atoms with van der Waals surface area (Å²) in [4.78, 5) is 21.6. The number of nitrogens with one attached hydrogen (secondary N) is 1. The molecular weight excluding hydrogens is 286 g/mol. The molecule has 0 heterocycles. The molecule has 0 aliphatic carbocycles. The zero-order valence-electron chi connectivity index (χ0n) is 10.8. The van der Waals surface area contributed by atoms with E-state index in [9.17, 15) is 9.59 Å². The van der Waals surface area contributed by atoms with Gasteiger partial charge in [0, 0.05) is 6.54 Å². The van der Waals surface area contributed by atoms with Gasteiger partial charge in [0.2, 0.25) is 5.91 Å². The standard InChI is InChI=1S/C13H16ClNO5/c14-10-3-1-2-4-11(10)20-7-5-12(16)15-6-8-19-9-13(17)18/h1-4H,5-9H2,(H,15,16)(H,17,18). The molecule has 6 nitrogen and oxygen atoms in total. The Labute approximate surface area is 121 Å². The van der Waals surface area contributed by atoms with Crippen molar-refractivity contribution in [3.05, 3.63) is 29.3 Å². The number of carbonyl (C=O) groups excluding carboxylic acids is 1. The second-order valence-electron chi connectivity index (χ2n) is 3.83. The Morgan fingerprint density at radius 1 is 1.25 bits per heavy atom. The molecule has 1 rings (SSSR count). The van der Waals surface area contributed by atoms with Gasteiger partial charge in [0.1, 0.15) is 12.4 Å². The summed E-state index contributed by atoms with van der Waals surface area (Å²) in [5.74, 6) is -0.702. The largest absolute Gasteiger partial charge is 0.491 e. The molecule has 0 fully saturated rings. The number of carboxylic acid groups (broad SMARTS) is 1. The lowest BCUT2D eigenvalue weighted by Gasteiger charge is -2.08. The van der Waals surface area contributed by atoms with Crippen LogP contribution in [0.2, 0.25) is 5.02 Å². The van der Waals surface area contributed by atoms with Crippen LogP contribution in [0.3, 0.4) is 0 Å². The van der Waals surface area contributed by atoms with Gasteiger partial charge in [-0.2, -0.15) is 0 Å². The third-order valence-corrected chi connectivity index (χ3v) is 2.53. The summed E-state index contributed by atoms with van der Waals surface area (Å²) in [6.07, 6.45) is 0.185. The fourth-order valence-electron chi connectivity index (χ4n) is 1.33. The Hall–Kier alpha value is -1.79. The maximum atomic E-state index is 11.4. The van der Waals surface area contributed by atoms with E-state index >= 15 is 0 Å². The maximum Gasteiger partial charge on any atom is 0.329 e. The van der Waals surface area contributed by atoms with Crippen molar-refractivity contribution in [2.45, 2.75) is 6.42 Å². The molecule has 20 heavy (non-hydrogen) atoms. The fraction of sp³-hybridized carbons (Fsp3) is 0.385. The van der Waals surface area contributed by atoms with Crippen LogP contribution >= 0.6 is 11.6 Å². The fourth-order valence-corrected chi connectivity index (χ4v) is 1.52. The van der Waals surface area contributed by atoms with Gasteiger partial charge in [0.15, 0.2) is 0 Å². The molecule has 110 valence electrons. The van der Waals surface area contributed by atoms with E-state index in [-0.39, 0.29) is 38.7 Å². The van der Waals surface area contributed by atoms with Crippen LogP contribution < -0.4 is 10.1 Å². The summed E-state index contributed by atoms with van der Waals surface area (Å²) in [5, 5.41) is 11.4. The SMILES string of the molecule is O=C(O)COCCNC(=O)CCOc1ccccc1Cl. The van der Waals surface area contributed by atoms with Crippen molar-refractivity contribution in [1.29, 1.82) is 0 Å². The lowest BCUT2D eigenvalue weighted by Crippen LogP contribution is -2.29. The number of amides is 1. The number of ether oxygens (including phenoxy) is 2. The van der Waals surface area contributed by atoms with Crippen LogP contribution in [0.4, 0.5) is 0 Å². The second kappa shape index (κ2) is 9.17. The molecule has 0 spiro atoms. The molecule has 0 saturated heterocycles. The number of halogens is 1. The smallest absolute Gasteiger partial charge is 0.329 e. The molecule has 0 radical (unpaired) electrons. The van der Waals surface area contributed by atoms with E-state index in [1.54, 1.807) is 24.3 Å². The number of aliphatic carboxylic acids is 1. The summed E-state index contributed by atoms with van der Waals surface area (Å²) in [7, 11) is 0. The molecular formula is C13H16ClNO5. The molecule has 7 heteroatoms. The molecule has 2 N–H and O–H groups in total. The van der Waals surface area contributed by atoms with Crippen molar-refractivity contribution in [3.8, 4) is 5.75 Å². The number of carbonyl (C=O) groups is 2. The summed E-state index contributed by atoms with van der Waals surface area (Å²) >= 11 is 5.89. The highest BCUT2D eigenvalue weighted by atomic mass is 35.5. The molecule has 0 aromatic heterocycles. The zero-order chi connectivity index (χ0) is 14.8. The predicted molar refractivity (Wildman–Crippen MR) is 73.0 cm³/mol. The third kappa shape index (κ3) is 6.96. The highest BCUT2D eigenvalue weighted by molar-refractivity contribution is 6.32. The number of hydrogen-bond acceptors (Lipinski definition) is 4. The van der Waals surface area contributed by atoms with Gasteiger partial charge in [0.25, 0.3) is 0 Å². The van der Waals surface area contributed by atoms with Gasteiger partial charge >= 0.3 is 5.97 Å². The Morgan fingerprint density at radius 3 is 2.70 bits per heavy atom. The van der Waals surface area contributed by atoms with Crippen LogP contribution in [0.5, 0.6) is 5.75 Å². The number of hydrogen-bond donors (Lipinski definition) is 2. The monoisotopic (exact) mass is 301 g/mol. The molecule has 0 atom stereocenters. The van der Waals surface area contributed by atoms with Crippen molar-refractivity contribution in [3.63, 3.8) is 0 Å². The Morgan fingerprint density at radius 2 is 2.00 bits per heavy atom. The number of carboxylic acids is 1. The molecule has 1 aromatic carbocycles. The molecule has 1 amide bonds. The van der Waals surface area contributed by atoms with E-state index in [0.29, 0.717) is 10.8 Å². The summed E-state index contributed by atoms with van der Waals surface area (Å²) in [6.45, 7) is 0.263. The van der Waals surface area contributed by atoms with Gasteiger partial charge in [-0.15, -0.1) is 0 Å². The van der Waals surface area contributed by atoms with E-state index in [1.807, 2.05) is 0 Å². The summed E-state index contributed by atoms with van der Waals surface area (Å²) in [5.41, 5.74) is 0. The average molecular weight is 302 g/mol. The molecule has 1 aromatic rings. The predicted octanol–water partition coefficient (Wildman–Crippen LogP) is 1.33. The van der Waals surface area contributed by atoms with Crippen molar-refractivity contribution in [1.82, 2.24) is 5.32 Å². The Kier molecular flexibility index (Phi) is 7.46. The highest BCUT2D eigenvalue weighted by Gasteiger charge is 2.04. The third-order valence-electron chi connectivity index (χ3n) is 2.22. The van der Waals surface area contributed by atoms with E-state index < -0.39 is 5.97 Å². The zero-order valence-corrected chi connectivity index (χ0v) is 11.6. The molecule has 0 aliphatic heterocycles.